The van der Waals surface area contributed by atoms with E-state index in [1.165, 1.54) is 24.3 Å². The first-order valence-corrected chi connectivity index (χ1v) is 8.89. The minimum absolute atomic E-state index is 0.0120. The number of halogens is 1. The number of Topliss-reactive ketones (excluding diaryl/α,β-unsaturated/α-hetero) is 1. The molecule has 26 heavy (non-hydrogen) atoms. The molecular formula is C21H25FO4. The van der Waals surface area contributed by atoms with E-state index >= 15 is 0 Å². The normalized spacial score (nSPS) is 10.7. The van der Waals surface area contributed by atoms with Gasteiger partial charge in [-0.25, -0.2) is 4.39 Å². The van der Waals surface area contributed by atoms with Crippen molar-refractivity contribution in [1.29, 1.82) is 0 Å². The van der Waals surface area contributed by atoms with Crippen molar-refractivity contribution in [3.63, 3.8) is 0 Å². The minimum Gasteiger partial charge on any atom is -0.508 e. The lowest BCUT2D eigenvalue weighted by molar-refractivity contribution is 0.0916. The van der Waals surface area contributed by atoms with Crippen molar-refractivity contribution in [3.05, 3.63) is 52.8 Å². The van der Waals surface area contributed by atoms with E-state index in [1.807, 2.05) is 0 Å². The van der Waals surface area contributed by atoms with Crippen molar-refractivity contribution >= 4 is 5.78 Å². The number of rotatable bonds is 9. The highest BCUT2D eigenvalue weighted by molar-refractivity contribution is 6.00. The van der Waals surface area contributed by atoms with E-state index in [0.717, 1.165) is 31.2 Å². The van der Waals surface area contributed by atoms with E-state index < -0.39 is 18.2 Å². The van der Waals surface area contributed by atoms with Crippen LogP contribution in [0.2, 0.25) is 0 Å². The van der Waals surface area contributed by atoms with E-state index in [-0.39, 0.29) is 22.8 Å². The summed E-state index contributed by atoms with van der Waals surface area (Å²) in [6.07, 6.45) is 4.78. The van der Waals surface area contributed by atoms with Crippen LogP contribution in [0.3, 0.4) is 0 Å². The molecule has 0 aliphatic carbocycles. The fourth-order valence-electron chi connectivity index (χ4n) is 2.73. The largest absolute Gasteiger partial charge is 0.508 e. The lowest BCUT2D eigenvalue weighted by atomic mass is 10.0. The summed E-state index contributed by atoms with van der Waals surface area (Å²) >= 11 is 0. The van der Waals surface area contributed by atoms with Crippen molar-refractivity contribution < 1.29 is 24.1 Å². The molecule has 2 rings (SSSR count). The van der Waals surface area contributed by atoms with E-state index in [1.54, 1.807) is 13.0 Å². The quantitative estimate of drug-likeness (QED) is 0.491. The van der Waals surface area contributed by atoms with Crippen LogP contribution in [0.5, 0.6) is 17.2 Å². The van der Waals surface area contributed by atoms with Crippen LogP contribution in [0, 0.1) is 12.7 Å². The third-order valence-electron chi connectivity index (χ3n) is 4.24. The molecule has 0 saturated carbocycles. The zero-order chi connectivity index (χ0) is 19.1. The Balaban J connectivity index is 2.07. The van der Waals surface area contributed by atoms with Gasteiger partial charge in [-0.3, -0.25) is 4.79 Å². The molecule has 0 amide bonds. The van der Waals surface area contributed by atoms with Crippen LogP contribution in [0.25, 0.3) is 0 Å². The first kappa shape index (κ1) is 19.8. The number of hydrogen-bond acceptors (Lipinski definition) is 4. The molecule has 0 aliphatic heterocycles. The van der Waals surface area contributed by atoms with Gasteiger partial charge in [-0.2, -0.15) is 0 Å². The number of aryl methyl sites for hydroxylation is 2. The molecule has 2 N–H and O–H groups in total. The summed E-state index contributed by atoms with van der Waals surface area (Å²) in [6, 6.07) is 7.15. The second-order valence-electron chi connectivity index (χ2n) is 6.45. The Hall–Kier alpha value is -2.56. The zero-order valence-electron chi connectivity index (χ0n) is 15.2. The standard InChI is InChI=1S/C21H25FO4/c1-3-4-5-6-7-15-11-16(19(24)12-18(15)23)20(25)13-26-21-9-8-14(2)10-17(21)22/h8-12,23-24H,3-7,13H2,1-2H3. The predicted molar refractivity (Wildman–Crippen MR) is 98.6 cm³/mol. The molecule has 0 aromatic heterocycles. The Morgan fingerprint density at radius 1 is 1.08 bits per heavy atom. The third kappa shape index (κ3) is 5.22. The highest BCUT2D eigenvalue weighted by Crippen LogP contribution is 2.29. The molecule has 0 unspecified atom stereocenters. The minimum atomic E-state index is -0.538. The molecule has 0 bridgehead atoms. The van der Waals surface area contributed by atoms with Crippen molar-refractivity contribution in [3.8, 4) is 17.2 Å². The van der Waals surface area contributed by atoms with Gasteiger partial charge in [0.1, 0.15) is 11.5 Å². The van der Waals surface area contributed by atoms with E-state index in [9.17, 15) is 19.4 Å². The van der Waals surface area contributed by atoms with E-state index in [0.29, 0.717) is 12.0 Å². The molecule has 0 saturated heterocycles. The second-order valence-corrected chi connectivity index (χ2v) is 6.45. The Morgan fingerprint density at radius 3 is 2.54 bits per heavy atom. The van der Waals surface area contributed by atoms with Gasteiger partial charge in [0.05, 0.1) is 5.56 Å². The number of carbonyl (C=O) groups excluding carboxylic acids is 1. The number of ketones is 1. The van der Waals surface area contributed by atoms with Crippen LogP contribution in [-0.2, 0) is 6.42 Å². The summed E-state index contributed by atoms with van der Waals surface area (Å²) in [6.45, 7) is 3.48. The molecule has 140 valence electrons. The maximum Gasteiger partial charge on any atom is 0.203 e. The fraction of sp³-hybridized carbons (Fsp3) is 0.381. The average molecular weight is 360 g/mol. The number of carbonyl (C=O) groups is 1. The van der Waals surface area contributed by atoms with Gasteiger partial charge >= 0.3 is 0 Å². The van der Waals surface area contributed by atoms with Crippen molar-refractivity contribution in [2.45, 2.75) is 46.0 Å². The predicted octanol–water partition coefficient (Wildman–Crippen LogP) is 4.93. The van der Waals surface area contributed by atoms with Crippen molar-refractivity contribution in [2.75, 3.05) is 6.61 Å². The summed E-state index contributed by atoms with van der Waals surface area (Å²) in [7, 11) is 0. The molecule has 0 atom stereocenters. The van der Waals surface area contributed by atoms with Crippen LogP contribution in [0.15, 0.2) is 30.3 Å². The summed E-state index contributed by atoms with van der Waals surface area (Å²) in [5.41, 5.74) is 1.44. The topological polar surface area (TPSA) is 66.8 Å². The van der Waals surface area contributed by atoms with Crippen LogP contribution < -0.4 is 4.74 Å². The molecule has 0 fully saturated rings. The van der Waals surface area contributed by atoms with Gasteiger partial charge in [0.15, 0.2) is 18.2 Å². The highest BCUT2D eigenvalue weighted by Gasteiger charge is 2.16. The second kappa shape index (κ2) is 9.22. The number of aromatic hydroxyl groups is 2. The summed E-state index contributed by atoms with van der Waals surface area (Å²) < 4.78 is 19.0. The average Bonchev–Trinajstić information content (AvgIpc) is 2.59. The summed E-state index contributed by atoms with van der Waals surface area (Å²) in [5, 5.41) is 19.9. The molecule has 0 heterocycles. The number of ether oxygens (including phenoxy) is 1. The molecule has 0 spiro atoms. The summed E-state index contributed by atoms with van der Waals surface area (Å²) in [4.78, 5) is 12.4. The molecule has 2 aromatic rings. The summed E-state index contributed by atoms with van der Waals surface area (Å²) in [5.74, 6) is -1.36. The fourth-order valence-corrected chi connectivity index (χ4v) is 2.73. The van der Waals surface area contributed by atoms with Gasteiger partial charge in [-0.05, 0) is 49.1 Å². The first-order valence-electron chi connectivity index (χ1n) is 8.89. The first-order chi connectivity index (χ1) is 12.4. The molecule has 2 aromatic carbocycles. The number of phenolic OH excluding ortho intramolecular Hbond substituents is 2. The van der Waals surface area contributed by atoms with Gasteiger partial charge in [-0.1, -0.05) is 32.3 Å². The molecule has 5 heteroatoms. The zero-order valence-corrected chi connectivity index (χ0v) is 15.2. The van der Waals surface area contributed by atoms with Crippen LogP contribution >= 0.6 is 0 Å². The monoisotopic (exact) mass is 360 g/mol. The van der Waals surface area contributed by atoms with Gasteiger partial charge < -0.3 is 14.9 Å². The molecular weight excluding hydrogens is 335 g/mol. The maximum atomic E-state index is 13.8. The smallest absolute Gasteiger partial charge is 0.203 e. The lowest BCUT2D eigenvalue weighted by Gasteiger charge is -2.11. The number of benzene rings is 2. The molecule has 0 radical (unpaired) electrons. The molecule has 0 aliphatic rings. The van der Waals surface area contributed by atoms with Crippen LogP contribution in [0.1, 0.15) is 54.1 Å². The van der Waals surface area contributed by atoms with Gasteiger partial charge in [0.25, 0.3) is 0 Å². The van der Waals surface area contributed by atoms with Crippen molar-refractivity contribution in [2.24, 2.45) is 0 Å². The van der Waals surface area contributed by atoms with E-state index in [4.69, 9.17) is 4.74 Å². The Labute approximate surface area is 153 Å². The third-order valence-corrected chi connectivity index (χ3v) is 4.24. The van der Waals surface area contributed by atoms with Gasteiger partial charge in [0.2, 0.25) is 5.78 Å². The van der Waals surface area contributed by atoms with Gasteiger partial charge in [0, 0.05) is 6.07 Å². The Morgan fingerprint density at radius 2 is 1.85 bits per heavy atom. The Bertz CT molecular complexity index is 771. The number of unbranched alkanes of at least 4 members (excludes halogenated alkanes) is 3. The molecule has 4 nitrogen and oxygen atoms in total. The van der Waals surface area contributed by atoms with Crippen LogP contribution in [0.4, 0.5) is 4.39 Å². The van der Waals surface area contributed by atoms with Gasteiger partial charge in [-0.15, -0.1) is 0 Å². The SMILES string of the molecule is CCCCCCc1cc(C(=O)COc2ccc(C)cc2F)c(O)cc1O. The maximum absolute atomic E-state index is 13.8. The highest BCUT2D eigenvalue weighted by atomic mass is 19.1. The number of phenols is 2. The van der Waals surface area contributed by atoms with E-state index in [2.05, 4.69) is 6.92 Å². The van der Waals surface area contributed by atoms with Crippen LogP contribution in [-0.4, -0.2) is 22.6 Å². The van der Waals surface area contributed by atoms with Crippen molar-refractivity contribution in [1.82, 2.24) is 0 Å². The number of hydrogen-bond donors (Lipinski definition) is 2. The lowest BCUT2D eigenvalue weighted by Crippen LogP contribution is -2.13. The Kier molecular flexibility index (Phi) is 7.01.